The monoisotopic (exact) mass is 479 g/mol. The number of β-amino-alcohol motifs (C(OH)–C–C–N with tert-alkyl or cyclic N) is 1. The van der Waals surface area contributed by atoms with E-state index >= 15 is 0 Å². The second-order valence-electron chi connectivity index (χ2n) is 8.87. The number of rotatable bonds is 7. The average molecular weight is 480 g/mol. The fourth-order valence-electron chi connectivity index (χ4n) is 4.67. The lowest BCUT2D eigenvalue weighted by Gasteiger charge is -2.47. The number of ether oxygens (including phenoxy) is 1. The standard InChI is InChI=1S/C25H27N3O4.CH2O2/c29-12-19-3-1-2-4-23(19)18-6-5-17-7-8-22(10-20(17)9-18)32-13-21(30)11-28-15-25(16-28)14-26-24(31)27-25;2-1-3/h1-10,21,29-30H,11-16H2,(H2,26,27,31);1H,(H,2,3). The highest BCUT2D eigenvalue weighted by atomic mass is 16.5. The van der Waals surface area contributed by atoms with E-state index in [1.807, 2.05) is 42.5 Å². The molecule has 0 saturated carbocycles. The molecule has 2 amide bonds. The number of nitrogens with zero attached hydrogens (tertiary/aromatic N) is 1. The van der Waals surface area contributed by atoms with Crippen LogP contribution in [0.15, 0.2) is 60.7 Å². The van der Waals surface area contributed by atoms with E-state index in [2.05, 4.69) is 33.7 Å². The van der Waals surface area contributed by atoms with Crippen LogP contribution >= 0.6 is 0 Å². The summed E-state index contributed by atoms with van der Waals surface area (Å²) in [5.74, 6) is 0.705. The summed E-state index contributed by atoms with van der Waals surface area (Å²) in [6, 6.07) is 19.8. The Labute approximate surface area is 202 Å². The molecule has 2 aliphatic rings. The Hall–Kier alpha value is -3.66. The van der Waals surface area contributed by atoms with Crippen LogP contribution < -0.4 is 15.4 Å². The van der Waals surface area contributed by atoms with Crippen LogP contribution in [0.4, 0.5) is 4.79 Å². The van der Waals surface area contributed by atoms with Crippen LogP contribution in [-0.4, -0.2) is 77.2 Å². The summed E-state index contributed by atoms with van der Waals surface area (Å²) in [5, 5.41) is 34.8. The normalized spacial score (nSPS) is 17.0. The van der Waals surface area contributed by atoms with Gasteiger partial charge in [-0.1, -0.05) is 42.5 Å². The van der Waals surface area contributed by atoms with Crippen LogP contribution in [0.5, 0.6) is 5.75 Å². The number of benzene rings is 3. The van der Waals surface area contributed by atoms with E-state index in [1.165, 1.54) is 0 Å². The van der Waals surface area contributed by atoms with Crippen molar-refractivity contribution in [2.45, 2.75) is 18.2 Å². The fraction of sp³-hybridized carbons (Fsp3) is 0.308. The van der Waals surface area contributed by atoms with Gasteiger partial charge in [-0.25, -0.2) is 4.79 Å². The molecule has 35 heavy (non-hydrogen) atoms. The molecule has 0 aliphatic carbocycles. The van der Waals surface area contributed by atoms with Gasteiger partial charge in [0, 0.05) is 26.2 Å². The Morgan fingerprint density at radius 3 is 2.54 bits per heavy atom. The van der Waals surface area contributed by atoms with E-state index in [0.29, 0.717) is 18.8 Å². The smallest absolute Gasteiger partial charge is 0.315 e. The fourth-order valence-corrected chi connectivity index (χ4v) is 4.67. The molecule has 9 heteroatoms. The summed E-state index contributed by atoms with van der Waals surface area (Å²) in [7, 11) is 0. The Balaban J connectivity index is 0.000000917. The highest BCUT2D eigenvalue weighted by molar-refractivity contribution is 5.88. The largest absolute Gasteiger partial charge is 0.491 e. The van der Waals surface area contributed by atoms with Crippen molar-refractivity contribution >= 4 is 23.3 Å². The van der Waals surface area contributed by atoms with Gasteiger partial charge in [0.15, 0.2) is 0 Å². The third-order valence-corrected chi connectivity index (χ3v) is 6.24. The molecule has 3 aromatic carbocycles. The van der Waals surface area contributed by atoms with Crippen LogP contribution in [0, 0.1) is 0 Å². The van der Waals surface area contributed by atoms with E-state index in [1.54, 1.807) is 0 Å². The number of fused-ring (bicyclic) bond motifs is 1. The zero-order chi connectivity index (χ0) is 24.8. The van der Waals surface area contributed by atoms with Crippen molar-refractivity contribution in [2.75, 3.05) is 32.8 Å². The van der Waals surface area contributed by atoms with Gasteiger partial charge in [0.05, 0.1) is 12.1 Å². The first-order valence-electron chi connectivity index (χ1n) is 11.4. The molecule has 2 aliphatic heterocycles. The van der Waals surface area contributed by atoms with Gasteiger partial charge in [-0.05, 0) is 45.7 Å². The maximum atomic E-state index is 11.3. The van der Waals surface area contributed by atoms with Crippen molar-refractivity contribution in [1.82, 2.24) is 15.5 Å². The summed E-state index contributed by atoms with van der Waals surface area (Å²) in [5.41, 5.74) is 2.77. The molecular formula is C26H29N3O6. The molecule has 2 heterocycles. The topological polar surface area (TPSA) is 131 Å². The molecule has 0 aromatic heterocycles. The predicted octanol–water partition coefficient (Wildman–Crippen LogP) is 1.81. The third kappa shape index (κ3) is 5.71. The second kappa shape index (κ2) is 10.7. The highest BCUT2D eigenvalue weighted by Crippen LogP contribution is 2.29. The summed E-state index contributed by atoms with van der Waals surface area (Å²) in [4.78, 5) is 21.8. The van der Waals surface area contributed by atoms with Crippen molar-refractivity contribution in [2.24, 2.45) is 0 Å². The first-order chi connectivity index (χ1) is 16.9. The first kappa shape index (κ1) is 24.5. The SMILES string of the molecule is O=C1NCC2(CN(CC(O)COc3ccc4ccc(-c5ccccc5CO)cc4c3)C2)N1.O=CO. The van der Waals surface area contributed by atoms with Crippen molar-refractivity contribution in [3.63, 3.8) is 0 Å². The van der Waals surface area contributed by atoms with Gasteiger partial charge >= 0.3 is 6.03 Å². The number of carbonyl (C=O) groups excluding carboxylic acids is 1. The lowest BCUT2D eigenvalue weighted by molar-refractivity contribution is -0.122. The highest BCUT2D eigenvalue weighted by Gasteiger charge is 2.47. The molecule has 2 fully saturated rings. The summed E-state index contributed by atoms with van der Waals surface area (Å²) in [6.45, 7) is 2.56. The molecule has 5 N–H and O–H groups in total. The number of hydrogen-bond donors (Lipinski definition) is 5. The van der Waals surface area contributed by atoms with E-state index in [-0.39, 0.29) is 31.3 Å². The van der Waals surface area contributed by atoms with Crippen LogP contribution in [0.25, 0.3) is 21.9 Å². The van der Waals surface area contributed by atoms with E-state index in [0.717, 1.165) is 40.6 Å². The number of carbonyl (C=O) groups is 2. The van der Waals surface area contributed by atoms with Crippen molar-refractivity contribution in [1.29, 1.82) is 0 Å². The molecular weight excluding hydrogens is 450 g/mol. The third-order valence-electron chi connectivity index (χ3n) is 6.24. The molecule has 2 saturated heterocycles. The minimum absolute atomic E-state index is 0.00370. The van der Waals surface area contributed by atoms with Gasteiger partial charge in [-0.2, -0.15) is 0 Å². The van der Waals surface area contributed by atoms with Crippen LogP contribution in [-0.2, 0) is 11.4 Å². The lowest BCUT2D eigenvalue weighted by Crippen LogP contribution is -2.69. The Kier molecular flexibility index (Phi) is 7.50. The summed E-state index contributed by atoms with van der Waals surface area (Å²) >= 11 is 0. The first-order valence-corrected chi connectivity index (χ1v) is 11.4. The number of carboxylic acid groups (broad SMARTS) is 1. The average Bonchev–Trinajstić information content (AvgIpc) is 3.24. The molecule has 3 aromatic rings. The van der Waals surface area contributed by atoms with Gasteiger partial charge in [0.25, 0.3) is 6.47 Å². The van der Waals surface area contributed by atoms with Crippen molar-refractivity contribution in [3.05, 3.63) is 66.2 Å². The predicted molar refractivity (Wildman–Crippen MR) is 131 cm³/mol. The number of amides is 2. The lowest BCUT2D eigenvalue weighted by atomic mass is 9.91. The molecule has 1 spiro atoms. The van der Waals surface area contributed by atoms with E-state index < -0.39 is 6.10 Å². The van der Waals surface area contributed by atoms with Gasteiger partial charge in [-0.15, -0.1) is 0 Å². The van der Waals surface area contributed by atoms with Crippen LogP contribution in [0.1, 0.15) is 5.56 Å². The number of urea groups is 1. The van der Waals surface area contributed by atoms with E-state index in [9.17, 15) is 15.0 Å². The number of aliphatic hydroxyl groups excluding tert-OH is 2. The van der Waals surface area contributed by atoms with Gasteiger partial charge in [-0.3, -0.25) is 9.69 Å². The molecule has 1 atom stereocenters. The molecule has 5 rings (SSSR count). The van der Waals surface area contributed by atoms with Gasteiger partial charge < -0.3 is 30.7 Å². The molecule has 0 bridgehead atoms. The summed E-state index contributed by atoms with van der Waals surface area (Å²) < 4.78 is 5.87. The molecule has 184 valence electrons. The Bertz CT molecular complexity index is 1190. The Morgan fingerprint density at radius 1 is 1.09 bits per heavy atom. The minimum Gasteiger partial charge on any atom is -0.491 e. The van der Waals surface area contributed by atoms with Gasteiger partial charge in [0.2, 0.25) is 0 Å². The Morgan fingerprint density at radius 2 is 1.83 bits per heavy atom. The number of hydrogen-bond acceptors (Lipinski definition) is 6. The number of likely N-dealkylation sites (tertiary alicyclic amines) is 1. The molecule has 0 radical (unpaired) electrons. The van der Waals surface area contributed by atoms with Crippen molar-refractivity contribution in [3.8, 4) is 16.9 Å². The maximum Gasteiger partial charge on any atom is 0.315 e. The number of aliphatic hydroxyl groups is 2. The molecule has 1 unspecified atom stereocenters. The van der Waals surface area contributed by atoms with Crippen LogP contribution in [0.2, 0.25) is 0 Å². The van der Waals surface area contributed by atoms with Gasteiger partial charge in [0.1, 0.15) is 18.5 Å². The van der Waals surface area contributed by atoms with Crippen LogP contribution in [0.3, 0.4) is 0 Å². The number of nitrogens with one attached hydrogen (secondary N) is 2. The second-order valence-corrected chi connectivity index (χ2v) is 8.87. The van der Waals surface area contributed by atoms with E-state index in [4.69, 9.17) is 14.6 Å². The minimum atomic E-state index is -0.615. The summed E-state index contributed by atoms with van der Waals surface area (Å²) in [6.07, 6.45) is -0.615. The quantitative estimate of drug-likeness (QED) is 0.327. The van der Waals surface area contributed by atoms with Crippen molar-refractivity contribution < 1.29 is 29.6 Å². The zero-order valence-electron chi connectivity index (χ0n) is 19.2. The maximum absolute atomic E-state index is 11.3. The molecule has 9 nitrogen and oxygen atoms in total. The zero-order valence-corrected chi connectivity index (χ0v) is 19.2.